The molecule has 0 radical (unpaired) electrons. The summed E-state index contributed by atoms with van der Waals surface area (Å²) >= 11 is 6.26. The lowest BCUT2D eigenvalue weighted by atomic mass is 9.98. The van der Waals surface area contributed by atoms with E-state index in [1.54, 1.807) is 6.07 Å². The highest BCUT2D eigenvalue weighted by molar-refractivity contribution is 6.34. The van der Waals surface area contributed by atoms with Crippen LogP contribution in [0.25, 0.3) is 11.1 Å². The molecule has 2 N–H and O–H groups in total. The van der Waals surface area contributed by atoms with E-state index in [4.69, 9.17) is 11.6 Å². The van der Waals surface area contributed by atoms with Crippen LogP contribution < -0.4 is 10.6 Å². The van der Waals surface area contributed by atoms with Crippen LogP contribution in [0.2, 0.25) is 5.02 Å². The van der Waals surface area contributed by atoms with E-state index in [0.29, 0.717) is 10.6 Å². The van der Waals surface area contributed by atoms with Gasteiger partial charge in [-0.25, -0.2) is 0 Å². The Hall–Kier alpha value is -1.84. The van der Waals surface area contributed by atoms with Crippen molar-refractivity contribution in [2.24, 2.45) is 0 Å². The first-order valence-corrected chi connectivity index (χ1v) is 8.42. The van der Waals surface area contributed by atoms with E-state index in [2.05, 4.69) is 17.6 Å². The number of amides is 1. The van der Waals surface area contributed by atoms with Crippen molar-refractivity contribution in [3.8, 4) is 11.1 Å². The third kappa shape index (κ3) is 3.74. The number of benzene rings is 2. The van der Waals surface area contributed by atoms with Crippen LogP contribution in [-0.4, -0.2) is 24.5 Å². The van der Waals surface area contributed by atoms with Gasteiger partial charge in [-0.2, -0.15) is 0 Å². The first kappa shape index (κ1) is 16.0. The topological polar surface area (TPSA) is 41.1 Å². The van der Waals surface area contributed by atoms with E-state index in [9.17, 15) is 4.79 Å². The van der Waals surface area contributed by atoms with Gasteiger partial charge in [0.1, 0.15) is 0 Å². The number of rotatable bonds is 3. The molecule has 4 heteroatoms. The molecule has 3 rings (SSSR count). The molecule has 0 aromatic heterocycles. The summed E-state index contributed by atoms with van der Waals surface area (Å²) < 4.78 is 0. The maximum Gasteiger partial charge on any atom is 0.253 e. The van der Waals surface area contributed by atoms with Gasteiger partial charge in [0.2, 0.25) is 0 Å². The zero-order valence-electron chi connectivity index (χ0n) is 13.2. The fraction of sp³-hybridized carbons (Fsp3) is 0.316. The average molecular weight is 329 g/mol. The van der Waals surface area contributed by atoms with Gasteiger partial charge >= 0.3 is 0 Å². The largest absolute Gasteiger partial charge is 0.348 e. The maximum absolute atomic E-state index is 12.6. The monoisotopic (exact) mass is 328 g/mol. The summed E-state index contributed by atoms with van der Waals surface area (Å²) in [6.07, 6.45) is 2.07. The normalized spacial score (nSPS) is 21.0. The van der Waals surface area contributed by atoms with Crippen molar-refractivity contribution in [3.05, 3.63) is 59.1 Å². The van der Waals surface area contributed by atoms with Gasteiger partial charge in [-0.1, -0.05) is 48.0 Å². The molecule has 2 aromatic rings. The summed E-state index contributed by atoms with van der Waals surface area (Å²) in [5, 5.41) is 7.00. The molecule has 1 aliphatic rings. The molecular formula is C19H21ClN2O. The third-order valence-corrected chi connectivity index (χ3v) is 4.73. The van der Waals surface area contributed by atoms with Crippen LogP contribution in [-0.2, 0) is 0 Å². The van der Waals surface area contributed by atoms with Gasteiger partial charge < -0.3 is 10.6 Å². The minimum Gasteiger partial charge on any atom is -0.348 e. The van der Waals surface area contributed by atoms with Crippen LogP contribution >= 0.6 is 11.6 Å². The molecule has 2 unspecified atom stereocenters. The molecule has 0 spiro atoms. The minimum atomic E-state index is -0.103. The molecule has 1 aliphatic heterocycles. The highest BCUT2D eigenvalue weighted by Crippen LogP contribution is 2.25. The maximum atomic E-state index is 12.6. The molecule has 120 valence electrons. The number of hydrogen-bond acceptors (Lipinski definition) is 2. The second-order valence-corrected chi connectivity index (χ2v) is 6.43. The van der Waals surface area contributed by atoms with Crippen molar-refractivity contribution < 1.29 is 4.79 Å². The molecule has 23 heavy (non-hydrogen) atoms. The molecule has 0 aliphatic carbocycles. The fourth-order valence-corrected chi connectivity index (χ4v) is 3.20. The Kier molecular flexibility index (Phi) is 4.99. The van der Waals surface area contributed by atoms with Crippen molar-refractivity contribution in [3.63, 3.8) is 0 Å². The van der Waals surface area contributed by atoms with E-state index in [1.807, 2.05) is 42.5 Å². The van der Waals surface area contributed by atoms with Gasteiger partial charge in [-0.3, -0.25) is 4.79 Å². The predicted octanol–water partition coefficient (Wildman–Crippen LogP) is 3.88. The Labute approximate surface area is 142 Å². The van der Waals surface area contributed by atoms with E-state index in [1.165, 1.54) is 0 Å². The number of halogens is 1. The first-order chi connectivity index (χ1) is 11.1. The molecule has 1 amide bonds. The first-order valence-electron chi connectivity index (χ1n) is 8.04. The van der Waals surface area contributed by atoms with Crippen molar-refractivity contribution in [1.82, 2.24) is 10.6 Å². The predicted molar refractivity (Wildman–Crippen MR) is 94.8 cm³/mol. The number of nitrogens with one attached hydrogen (secondary N) is 2. The van der Waals surface area contributed by atoms with E-state index < -0.39 is 0 Å². The molecule has 1 saturated heterocycles. The Bertz CT molecular complexity index is 687. The highest BCUT2D eigenvalue weighted by atomic mass is 35.5. The van der Waals surface area contributed by atoms with Gasteiger partial charge in [-0.05, 0) is 49.6 Å². The standard InChI is InChI=1S/C19H21ClN2O/c1-13-18(8-5-11-21-13)22-19(23)16-12-15(9-10-17(16)20)14-6-3-2-4-7-14/h2-4,6-7,9-10,12-13,18,21H,5,8,11H2,1H3,(H,22,23). The van der Waals surface area contributed by atoms with Crippen LogP contribution in [0.4, 0.5) is 0 Å². The second-order valence-electron chi connectivity index (χ2n) is 6.03. The van der Waals surface area contributed by atoms with Crippen molar-refractivity contribution >= 4 is 17.5 Å². The lowest BCUT2D eigenvalue weighted by molar-refractivity contribution is 0.0920. The number of hydrogen-bond donors (Lipinski definition) is 2. The van der Waals surface area contributed by atoms with E-state index in [0.717, 1.165) is 30.5 Å². The smallest absolute Gasteiger partial charge is 0.253 e. The van der Waals surface area contributed by atoms with Crippen LogP contribution in [0.3, 0.4) is 0 Å². The van der Waals surface area contributed by atoms with E-state index >= 15 is 0 Å². The number of piperidine rings is 1. The van der Waals surface area contributed by atoms with Gasteiger partial charge in [0.25, 0.3) is 5.91 Å². The van der Waals surface area contributed by atoms with Crippen molar-refractivity contribution in [2.75, 3.05) is 6.54 Å². The molecule has 1 heterocycles. The summed E-state index contributed by atoms with van der Waals surface area (Å²) in [5.41, 5.74) is 2.60. The quantitative estimate of drug-likeness (QED) is 0.897. The summed E-state index contributed by atoms with van der Waals surface area (Å²) in [6, 6.07) is 16.0. The van der Waals surface area contributed by atoms with Gasteiger partial charge in [-0.15, -0.1) is 0 Å². The van der Waals surface area contributed by atoms with Gasteiger partial charge in [0, 0.05) is 12.1 Å². The fourth-order valence-electron chi connectivity index (χ4n) is 3.00. The molecule has 0 saturated carbocycles. The Morgan fingerprint density at radius 1 is 1.17 bits per heavy atom. The summed E-state index contributed by atoms with van der Waals surface area (Å²) in [5.74, 6) is -0.103. The Morgan fingerprint density at radius 2 is 1.96 bits per heavy atom. The zero-order valence-corrected chi connectivity index (χ0v) is 13.9. The average Bonchev–Trinajstić information content (AvgIpc) is 2.58. The SMILES string of the molecule is CC1NCCCC1NC(=O)c1cc(-c2ccccc2)ccc1Cl. The lowest BCUT2D eigenvalue weighted by Gasteiger charge is -2.30. The van der Waals surface area contributed by atoms with Crippen molar-refractivity contribution in [1.29, 1.82) is 0 Å². The Morgan fingerprint density at radius 3 is 2.70 bits per heavy atom. The zero-order chi connectivity index (χ0) is 16.2. The van der Waals surface area contributed by atoms with Crippen molar-refractivity contribution in [2.45, 2.75) is 31.8 Å². The molecule has 2 aromatic carbocycles. The van der Waals surface area contributed by atoms with Gasteiger partial charge in [0.15, 0.2) is 0 Å². The van der Waals surface area contributed by atoms with Crippen LogP contribution in [0.15, 0.2) is 48.5 Å². The molecule has 1 fully saturated rings. The molecule has 3 nitrogen and oxygen atoms in total. The third-order valence-electron chi connectivity index (χ3n) is 4.40. The minimum absolute atomic E-state index is 0.103. The summed E-state index contributed by atoms with van der Waals surface area (Å²) in [6.45, 7) is 3.11. The Balaban J connectivity index is 1.82. The van der Waals surface area contributed by atoms with Crippen LogP contribution in [0.5, 0.6) is 0 Å². The number of carbonyl (C=O) groups excluding carboxylic acids is 1. The highest BCUT2D eigenvalue weighted by Gasteiger charge is 2.23. The second kappa shape index (κ2) is 7.16. The van der Waals surface area contributed by atoms with E-state index in [-0.39, 0.29) is 18.0 Å². The van der Waals surface area contributed by atoms with Gasteiger partial charge in [0.05, 0.1) is 10.6 Å². The molecule has 0 bridgehead atoms. The molecule has 2 atom stereocenters. The number of carbonyl (C=O) groups is 1. The molecular weight excluding hydrogens is 308 g/mol. The summed E-state index contributed by atoms with van der Waals surface area (Å²) in [7, 11) is 0. The van der Waals surface area contributed by atoms with Crippen LogP contribution in [0, 0.1) is 0 Å². The lowest BCUT2D eigenvalue weighted by Crippen LogP contribution is -2.51. The summed E-state index contributed by atoms with van der Waals surface area (Å²) in [4.78, 5) is 12.6. The van der Waals surface area contributed by atoms with Crippen LogP contribution in [0.1, 0.15) is 30.1 Å².